The maximum atomic E-state index is 13.8. The molecule has 1 rings (SSSR count). The smallest absolute Gasteiger partial charge is 0.511 e. The fourth-order valence-electron chi connectivity index (χ4n) is 3.36. The van der Waals surface area contributed by atoms with Gasteiger partial charge in [-0.1, -0.05) is 78.6 Å². The first-order chi connectivity index (χ1) is 16.3. The Hall–Kier alpha value is -1.11. The zero-order chi connectivity index (χ0) is 25.7. The average Bonchev–Trinajstić information content (AvgIpc) is 2.78. The second-order valence-electron chi connectivity index (χ2n) is 10.0. The third-order valence-electron chi connectivity index (χ3n) is 5.25. The SMILES string of the molecule is CCCCCCOB(OCCCCCC)Oc1ccc(F)cc1C[N+](C)(C)C.[CH2-]CCCCC. The monoisotopic (exact) mass is 481 g/mol. The summed E-state index contributed by atoms with van der Waals surface area (Å²) >= 11 is 0. The Morgan fingerprint density at radius 1 is 0.794 bits per heavy atom. The Balaban J connectivity index is 0.00000160. The molecule has 0 heterocycles. The molecule has 198 valence electrons. The first kappa shape index (κ1) is 32.9. The summed E-state index contributed by atoms with van der Waals surface area (Å²) in [6.07, 6.45) is 14.1. The molecule has 0 N–H and O–H groups in total. The summed E-state index contributed by atoms with van der Waals surface area (Å²) in [5.74, 6) is 0.370. The van der Waals surface area contributed by atoms with Gasteiger partial charge in [0.05, 0.1) is 21.1 Å². The molecule has 0 saturated heterocycles. The first-order valence-electron chi connectivity index (χ1n) is 13.5. The molecule has 0 atom stereocenters. The van der Waals surface area contributed by atoms with E-state index in [0.717, 1.165) is 37.7 Å². The molecule has 1 aromatic rings. The highest BCUT2D eigenvalue weighted by atomic mass is 19.1. The van der Waals surface area contributed by atoms with E-state index in [1.165, 1.54) is 51.0 Å². The third kappa shape index (κ3) is 19.2. The number of hydrogen-bond acceptors (Lipinski definition) is 3. The number of quaternary nitrogens is 1. The molecule has 0 radical (unpaired) electrons. The molecule has 34 heavy (non-hydrogen) atoms. The summed E-state index contributed by atoms with van der Waals surface area (Å²) in [6.45, 7) is 12.2. The van der Waals surface area contributed by atoms with Gasteiger partial charge in [-0.05, 0) is 31.0 Å². The van der Waals surface area contributed by atoms with E-state index >= 15 is 0 Å². The van der Waals surface area contributed by atoms with Crippen LogP contribution < -0.4 is 4.65 Å². The predicted octanol–water partition coefficient (Wildman–Crippen LogP) is 7.99. The number of hydrogen-bond donors (Lipinski definition) is 0. The van der Waals surface area contributed by atoms with Crippen LogP contribution in [0.15, 0.2) is 18.2 Å². The van der Waals surface area contributed by atoms with Crippen LogP contribution in [0, 0.1) is 12.7 Å². The van der Waals surface area contributed by atoms with E-state index in [1.807, 2.05) is 0 Å². The van der Waals surface area contributed by atoms with Gasteiger partial charge in [0.25, 0.3) is 0 Å². The van der Waals surface area contributed by atoms with Crippen LogP contribution in [0.4, 0.5) is 4.39 Å². The lowest BCUT2D eigenvalue weighted by molar-refractivity contribution is -0.884. The molecule has 0 aromatic heterocycles. The molecular formula is C28H53BFNO3. The van der Waals surface area contributed by atoms with Crippen LogP contribution in [0.3, 0.4) is 0 Å². The summed E-state index contributed by atoms with van der Waals surface area (Å²) in [6, 6.07) is 4.64. The van der Waals surface area contributed by atoms with Gasteiger partial charge in [0.1, 0.15) is 18.1 Å². The van der Waals surface area contributed by atoms with E-state index in [-0.39, 0.29) is 5.82 Å². The largest absolute Gasteiger partial charge is 0.713 e. The lowest BCUT2D eigenvalue weighted by Gasteiger charge is -2.26. The van der Waals surface area contributed by atoms with Gasteiger partial charge in [-0.2, -0.15) is 6.42 Å². The van der Waals surface area contributed by atoms with Gasteiger partial charge in [0, 0.05) is 18.8 Å². The third-order valence-corrected chi connectivity index (χ3v) is 5.25. The second-order valence-corrected chi connectivity index (χ2v) is 10.0. The van der Waals surface area contributed by atoms with E-state index in [9.17, 15) is 4.39 Å². The Labute approximate surface area is 211 Å². The minimum absolute atomic E-state index is 0.256. The number of halogens is 1. The highest BCUT2D eigenvalue weighted by Gasteiger charge is 2.26. The van der Waals surface area contributed by atoms with Crippen molar-refractivity contribution < 1.29 is 22.8 Å². The Kier molecular flexibility index (Phi) is 20.5. The average molecular weight is 482 g/mol. The quantitative estimate of drug-likeness (QED) is 0.0867. The molecule has 6 heteroatoms. The van der Waals surface area contributed by atoms with Gasteiger partial charge < -0.3 is 25.4 Å². The number of nitrogens with zero attached hydrogens (tertiary/aromatic N) is 1. The number of rotatable bonds is 19. The zero-order valence-electron chi connectivity index (χ0n) is 23.2. The van der Waals surface area contributed by atoms with Crippen LogP contribution in [0.5, 0.6) is 5.75 Å². The van der Waals surface area contributed by atoms with Crippen molar-refractivity contribution in [3.05, 3.63) is 36.5 Å². The highest BCUT2D eigenvalue weighted by Crippen LogP contribution is 2.23. The van der Waals surface area contributed by atoms with E-state index in [1.54, 1.807) is 12.1 Å². The topological polar surface area (TPSA) is 27.7 Å². The zero-order valence-corrected chi connectivity index (χ0v) is 23.2. The minimum atomic E-state index is -0.750. The van der Waals surface area contributed by atoms with E-state index < -0.39 is 7.32 Å². The lowest BCUT2D eigenvalue weighted by Crippen LogP contribution is -2.35. The molecule has 0 amide bonds. The minimum Gasteiger partial charge on any atom is -0.511 e. The molecule has 0 aliphatic rings. The maximum absolute atomic E-state index is 13.8. The van der Waals surface area contributed by atoms with E-state index in [0.29, 0.717) is 30.0 Å². The normalized spacial score (nSPS) is 11.2. The van der Waals surface area contributed by atoms with Crippen molar-refractivity contribution >= 4 is 7.32 Å². The fraction of sp³-hybridized carbons (Fsp3) is 0.750. The van der Waals surface area contributed by atoms with Gasteiger partial charge in [-0.15, -0.1) is 0 Å². The molecule has 0 saturated carbocycles. The summed E-state index contributed by atoms with van der Waals surface area (Å²) < 4.78 is 32.2. The van der Waals surface area contributed by atoms with Crippen molar-refractivity contribution in [2.45, 2.75) is 104 Å². The van der Waals surface area contributed by atoms with Gasteiger partial charge in [-0.25, -0.2) is 4.39 Å². The van der Waals surface area contributed by atoms with Crippen molar-refractivity contribution in [1.82, 2.24) is 0 Å². The predicted molar refractivity (Wildman–Crippen MR) is 144 cm³/mol. The summed E-state index contributed by atoms with van der Waals surface area (Å²) in [5, 5.41) is 0. The standard InChI is InChI=1S/C22H40BFNO3.C6H13/c1-6-8-10-12-16-26-23(27-17-13-11-9-7-2)28-22-15-14-21(24)18-20(22)19-25(3,4)5;1-3-5-6-4-2/h14-15,18H,6-13,16-17,19H2,1-5H3;1,3-6H2,2H3/q+1;-1. The highest BCUT2D eigenvalue weighted by molar-refractivity contribution is 6.37. The lowest BCUT2D eigenvalue weighted by atomic mass is 10.1. The first-order valence-corrected chi connectivity index (χ1v) is 13.5. The van der Waals surface area contributed by atoms with Gasteiger partial charge in [0.2, 0.25) is 0 Å². The van der Waals surface area contributed by atoms with Crippen LogP contribution in [0.2, 0.25) is 0 Å². The summed E-state index contributed by atoms with van der Waals surface area (Å²) in [7, 11) is 5.46. The summed E-state index contributed by atoms with van der Waals surface area (Å²) in [4.78, 5) is 0. The Morgan fingerprint density at radius 2 is 1.32 bits per heavy atom. The van der Waals surface area contributed by atoms with Gasteiger partial charge in [0.15, 0.2) is 0 Å². The van der Waals surface area contributed by atoms with Crippen LogP contribution >= 0.6 is 0 Å². The number of benzene rings is 1. The second kappa shape index (κ2) is 21.2. The van der Waals surface area contributed by atoms with Crippen LogP contribution in [0.25, 0.3) is 0 Å². The van der Waals surface area contributed by atoms with Crippen LogP contribution in [-0.2, 0) is 15.9 Å². The summed E-state index contributed by atoms with van der Waals surface area (Å²) in [5.41, 5.74) is 0.821. The molecule has 4 nitrogen and oxygen atoms in total. The van der Waals surface area contributed by atoms with Crippen molar-refractivity contribution in [3.63, 3.8) is 0 Å². The van der Waals surface area contributed by atoms with Gasteiger partial charge >= 0.3 is 7.32 Å². The Bertz CT molecular complexity index is 578. The fourth-order valence-corrected chi connectivity index (χ4v) is 3.36. The molecule has 1 aromatic carbocycles. The molecule has 0 spiro atoms. The van der Waals surface area contributed by atoms with Crippen LogP contribution in [-0.4, -0.2) is 46.2 Å². The molecule has 0 bridgehead atoms. The van der Waals surface area contributed by atoms with Gasteiger partial charge in [-0.3, -0.25) is 0 Å². The molecule has 0 aliphatic heterocycles. The van der Waals surface area contributed by atoms with Crippen LogP contribution in [0.1, 0.15) is 103 Å². The van der Waals surface area contributed by atoms with Crippen molar-refractivity contribution in [2.24, 2.45) is 0 Å². The molecule has 0 unspecified atom stereocenters. The Morgan fingerprint density at radius 3 is 1.76 bits per heavy atom. The van der Waals surface area contributed by atoms with E-state index in [2.05, 4.69) is 48.8 Å². The number of unbranched alkanes of at least 4 members (excludes halogenated alkanes) is 9. The maximum Gasteiger partial charge on any atom is 0.713 e. The van der Waals surface area contributed by atoms with E-state index in [4.69, 9.17) is 14.0 Å². The molecular weight excluding hydrogens is 428 g/mol. The molecule has 0 aliphatic carbocycles. The van der Waals surface area contributed by atoms with Crippen molar-refractivity contribution in [1.29, 1.82) is 0 Å². The van der Waals surface area contributed by atoms with Crippen molar-refractivity contribution in [2.75, 3.05) is 34.4 Å². The van der Waals surface area contributed by atoms with Crippen molar-refractivity contribution in [3.8, 4) is 5.75 Å². The molecule has 0 fully saturated rings.